The van der Waals surface area contributed by atoms with E-state index in [1.165, 1.54) is 79.2 Å². The van der Waals surface area contributed by atoms with E-state index in [9.17, 15) is 28.0 Å². The first-order valence-electron chi connectivity index (χ1n) is 42.4. The number of halogens is 6. The fourth-order valence-electron chi connectivity index (χ4n) is 13.6. The molecule has 12 aromatic carbocycles. The lowest BCUT2D eigenvalue weighted by Crippen LogP contribution is -2.01. The van der Waals surface area contributed by atoms with Gasteiger partial charge in [0.25, 0.3) is 0 Å². The number of nitrogens with one attached hydrogen (secondary N) is 4. The van der Waals surface area contributed by atoms with Crippen molar-refractivity contribution in [2.45, 2.75) is 6.92 Å². The topological polar surface area (TPSA) is 290 Å². The van der Waals surface area contributed by atoms with Crippen LogP contribution < -0.4 is 103 Å². The van der Waals surface area contributed by atoms with Crippen LogP contribution in [0.15, 0.2) is 261 Å². The van der Waals surface area contributed by atoms with Crippen LogP contribution in [-0.2, 0) is 0 Å². The molecule has 0 atom stereocenters. The van der Waals surface area contributed by atoms with Crippen molar-refractivity contribution in [1.82, 2.24) is 0 Å². The van der Waals surface area contributed by atoms with E-state index in [0.29, 0.717) is 137 Å². The molecular weight excluding hydrogens is 2060 g/mol. The van der Waals surface area contributed by atoms with E-state index >= 15 is 0 Å². The van der Waals surface area contributed by atoms with E-state index in [4.69, 9.17) is 81.5 Å². The molecule has 0 aromatic heterocycles. The molecule has 0 fully saturated rings. The van der Waals surface area contributed by atoms with E-state index < -0.39 is 11.6 Å². The highest BCUT2D eigenvalue weighted by Crippen LogP contribution is 2.46. The standard InChI is InChI=1S/C28H28BrNO5.2C27H25BrFNO5.C27H27BrN2O5/c1-18-6-10-21(11-7-18)24(31)12-13-30-23-15-19(14-22(29)27(23)34-4)8-9-20-16-25(32-2)28(35-5)26(17-20)33-3;1-32-24-15-18(16-25(33-2)27(24)35-4)6-5-17-13-21(28)26(34-3)22(14-17)30-12-11-23(31)19-7-9-20(29)10-8-19;1-32-24-14-18(15-25(33-2)27(24)35-4)9-8-17-12-21(28)26(34-3)22(13-17)30-11-10-23(31)19-6-5-7-20(29)16-19;1-32-24-15-18(16-25(33-2)27(24)35-4)10-9-17-13-20(28)26(34-3)22(14-17)30-12-11-23(31)19-7-5-6-8-21(19)29/h6-17,30H,1-5H3;2*5-16,30H,1-4H3;5-16,30H,29H2,1-4H3/b9-8-,13-12-;6-5-,12-11-;9-8-,11-10-;10-9-,12-11-. The Bertz CT molecular complexity index is 6320. The minimum absolute atomic E-state index is 0.0889. The van der Waals surface area contributed by atoms with E-state index in [-0.39, 0.29) is 28.7 Å². The number of nitrogens with two attached hydrogens (primary N) is 1. The summed E-state index contributed by atoms with van der Waals surface area (Å²) in [5.74, 6) is 7.27. The number of hydrogen-bond donors (Lipinski definition) is 5. The van der Waals surface area contributed by atoms with Crippen LogP contribution in [0.1, 0.15) is 91.5 Å². The van der Waals surface area contributed by atoms with Gasteiger partial charge in [0.1, 0.15) is 11.6 Å². The summed E-state index contributed by atoms with van der Waals surface area (Å²) in [5, 5.41) is 12.4. The van der Waals surface area contributed by atoms with Crippen molar-refractivity contribution >= 4 is 164 Å². The summed E-state index contributed by atoms with van der Waals surface area (Å²) >= 11 is 14.2. The molecule has 25 nitrogen and oxygen atoms in total. The number of benzene rings is 12. The van der Waals surface area contributed by atoms with Gasteiger partial charge in [0, 0.05) is 77.0 Å². The summed E-state index contributed by atoms with van der Waals surface area (Å²) in [6.07, 6.45) is 27.2. The molecule has 12 rings (SSSR count). The average Bonchev–Trinajstić information content (AvgIpc) is 0.826. The van der Waals surface area contributed by atoms with Crippen molar-refractivity contribution in [3.8, 4) is 92.0 Å². The molecule has 0 aliphatic heterocycles. The Morgan fingerprint density at radius 1 is 0.257 bits per heavy atom. The normalized spacial score (nSPS) is 11.0. The number of allylic oxidation sites excluding steroid dienone is 4. The smallest absolute Gasteiger partial charge is 0.203 e. The molecule has 0 aliphatic carbocycles. The molecular formula is C109H105Br4F2N5O20. The fraction of sp³-hybridized carbons (Fsp3) is 0.156. The minimum atomic E-state index is -0.464. The minimum Gasteiger partial charge on any atom is -0.493 e. The lowest BCUT2D eigenvalue weighted by atomic mass is 10.1. The molecule has 0 bridgehead atoms. The Morgan fingerprint density at radius 2 is 0.500 bits per heavy atom. The lowest BCUT2D eigenvalue weighted by Gasteiger charge is -2.13. The first kappa shape index (κ1) is 108. The monoisotopic (exact) mass is 2160 g/mol. The van der Waals surface area contributed by atoms with Gasteiger partial charge in [0.15, 0.2) is 92.1 Å². The van der Waals surface area contributed by atoms with E-state index in [2.05, 4.69) is 85.0 Å². The molecule has 728 valence electrons. The Morgan fingerprint density at radius 3 is 0.750 bits per heavy atom. The predicted octanol–water partition coefficient (Wildman–Crippen LogP) is 26.0. The highest BCUT2D eigenvalue weighted by molar-refractivity contribution is 9.11. The van der Waals surface area contributed by atoms with Crippen LogP contribution in [0.2, 0.25) is 0 Å². The van der Waals surface area contributed by atoms with Gasteiger partial charge in [-0.25, -0.2) is 8.78 Å². The third-order valence-corrected chi connectivity index (χ3v) is 22.8. The van der Waals surface area contributed by atoms with Crippen LogP contribution >= 0.6 is 63.7 Å². The SMILES string of the molecule is COc1cc(/C=C\c2cc(Br)c(OC)c(N/C=C\C(=O)c3ccc(C)cc3)c2)cc(OC)c1OC.COc1cc(/C=C\c2cc(Br)c(OC)c(N/C=C\C(=O)c3ccc(F)cc3)c2)cc(OC)c1OC.COc1cc(/C=C\c2cc(Br)c(OC)c(N/C=C\C(=O)c3cccc(F)c3)c2)cc(OC)c1OC.COc1cc(/C=C\c2cc(Br)c(OC)c(N/C=C\C(=O)c3ccccc3N)c2)cc(OC)c1OC. The van der Waals surface area contributed by atoms with Crippen molar-refractivity contribution in [2.75, 3.05) is 141 Å². The summed E-state index contributed by atoms with van der Waals surface area (Å²) in [6, 6.07) is 55.4. The molecule has 0 spiro atoms. The quantitative estimate of drug-likeness (QED) is 0.0103. The summed E-state index contributed by atoms with van der Waals surface area (Å²) in [7, 11) is 25.1. The number of methoxy groups -OCH3 is 16. The third-order valence-electron chi connectivity index (χ3n) is 20.4. The molecule has 0 aliphatic rings. The van der Waals surface area contributed by atoms with Crippen LogP contribution in [0.25, 0.3) is 48.6 Å². The number of ketones is 4. The third kappa shape index (κ3) is 30.2. The maximum absolute atomic E-state index is 13.4. The molecule has 0 unspecified atom stereocenters. The van der Waals surface area contributed by atoms with E-state index in [1.54, 1.807) is 156 Å². The second-order valence-corrected chi connectivity index (χ2v) is 32.8. The zero-order valence-electron chi connectivity index (χ0n) is 79.7. The fourth-order valence-corrected chi connectivity index (χ4v) is 16.1. The van der Waals surface area contributed by atoms with E-state index in [1.807, 2.05) is 177 Å². The lowest BCUT2D eigenvalue weighted by molar-refractivity contribution is 0.103. The van der Waals surface area contributed by atoms with Crippen LogP contribution in [0.3, 0.4) is 0 Å². The van der Waals surface area contributed by atoms with Gasteiger partial charge in [-0.3, -0.25) is 19.2 Å². The number of aryl methyl sites for hydroxylation is 1. The number of ether oxygens (including phenoxy) is 16. The number of nitrogen functional groups attached to an aromatic ring is 1. The number of anilines is 5. The summed E-state index contributed by atoms with van der Waals surface area (Å²) in [5.41, 5.74) is 18.8. The number of carbonyl (C=O) groups excluding carboxylic acids is 4. The Balaban J connectivity index is 0.000000209. The summed E-state index contributed by atoms with van der Waals surface area (Å²) in [6.45, 7) is 1.98. The van der Waals surface area contributed by atoms with Gasteiger partial charge in [0.05, 0.1) is 154 Å². The largest absolute Gasteiger partial charge is 0.493 e. The molecule has 12 aromatic rings. The molecule has 140 heavy (non-hydrogen) atoms. The van der Waals surface area contributed by atoms with Gasteiger partial charge in [-0.2, -0.15) is 0 Å². The second kappa shape index (κ2) is 54.7. The van der Waals surface area contributed by atoms with Gasteiger partial charge >= 0.3 is 0 Å². The van der Waals surface area contributed by atoms with Crippen LogP contribution in [0, 0.1) is 18.6 Å². The van der Waals surface area contributed by atoms with Gasteiger partial charge < -0.3 is 103 Å². The van der Waals surface area contributed by atoms with Crippen molar-refractivity contribution in [3.05, 3.63) is 345 Å². The maximum atomic E-state index is 13.4. The molecule has 0 radical (unpaired) electrons. The zero-order chi connectivity index (χ0) is 101. The average molecular weight is 2160 g/mol. The number of rotatable bonds is 40. The molecule has 6 N–H and O–H groups in total. The van der Waals surface area contributed by atoms with Crippen LogP contribution in [0.4, 0.5) is 37.2 Å². The van der Waals surface area contributed by atoms with Gasteiger partial charge in [-0.1, -0.05) is 103 Å². The molecule has 0 saturated carbocycles. The Labute approximate surface area is 846 Å². The van der Waals surface area contributed by atoms with Crippen molar-refractivity contribution in [1.29, 1.82) is 0 Å². The highest BCUT2D eigenvalue weighted by atomic mass is 79.9. The predicted molar refractivity (Wildman–Crippen MR) is 566 cm³/mol. The zero-order valence-corrected chi connectivity index (χ0v) is 86.1. The van der Waals surface area contributed by atoms with Crippen molar-refractivity contribution in [2.24, 2.45) is 0 Å². The van der Waals surface area contributed by atoms with Crippen LogP contribution in [0.5, 0.6) is 92.0 Å². The number of carbonyl (C=O) groups is 4. The highest BCUT2D eigenvalue weighted by Gasteiger charge is 2.21. The first-order valence-corrected chi connectivity index (χ1v) is 45.5. The number of para-hydroxylation sites is 1. The Hall–Kier alpha value is -15.2. The second-order valence-electron chi connectivity index (χ2n) is 29.3. The van der Waals surface area contributed by atoms with Crippen molar-refractivity contribution in [3.63, 3.8) is 0 Å². The molecule has 31 heteroatoms. The van der Waals surface area contributed by atoms with Gasteiger partial charge in [-0.15, -0.1) is 0 Å². The Kier molecular flexibility index (Phi) is 42.4. The van der Waals surface area contributed by atoms with Crippen molar-refractivity contribution < 1.29 is 104 Å². The maximum Gasteiger partial charge on any atom is 0.203 e. The van der Waals surface area contributed by atoms with Gasteiger partial charge in [0.2, 0.25) is 23.0 Å². The molecule has 0 heterocycles. The molecule has 0 amide bonds. The first-order chi connectivity index (χ1) is 67.6. The van der Waals surface area contributed by atoms with Crippen LogP contribution in [-0.4, -0.2) is 137 Å². The van der Waals surface area contributed by atoms with Gasteiger partial charge in [-0.05, 0) is 261 Å². The van der Waals surface area contributed by atoms with E-state index in [0.717, 1.165) is 68.0 Å². The number of hydrogen-bond acceptors (Lipinski definition) is 25. The molecule has 0 saturated heterocycles. The summed E-state index contributed by atoms with van der Waals surface area (Å²) in [4.78, 5) is 49.5. The summed E-state index contributed by atoms with van der Waals surface area (Å²) < 4.78 is 116.